The van der Waals surface area contributed by atoms with Gasteiger partial charge < -0.3 is 15.2 Å². The van der Waals surface area contributed by atoms with Gasteiger partial charge in [0.25, 0.3) is 0 Å². The molecule has 1 aromatic carbocycles. The summed E-state index contributed by atoms with van der Waals surface area (Å²) in [6.45, 7) is 5.04. The lowest BCUT2D eigenvalue weighted by molar-refractivity contribution is -0.274. The summed E-state index contributed by atoms with van der Waals surface area (Å²) >= 11 is 1.19. The van der Waals surface area contributed by atoms with E-state index >= 15 is 0 Å². The molecule has 152 valence electrons. The van der Waals surface area contributed by atoms with E-state index in [0.717, 1.165) is 12.1 Å². The van der Waals surface area contributed by atoms with Crippen LogP contribution in [0.5, 0.6) is 5.75 Å². The Morgan fingerprint density at radius 3 is 2.61 bits per heavy atom. The maximum atomic E-state index is 12.5. The van der Waals surface area contributed by atoms with Crippen molar-refractivity contribution in [2.24, 2.45) is 5.10 Å². The highest BCUT2D eigenvalue weighted by Crippen LogP contribution is 2.27. The van der Waals surface area contributed by atoms with Gasteiger partial charge in [-0.05, 0) is 39.0 Å². The molecule has 1 amide bonds. The quantitative estimate of drug-likeness (QED) is 0.491. The molecular formula is C16H18F3N5O3S. The van der Waals surface area contributed by atoms with Crippen LogP contribution in [0.25, 0.3) is 0 Å². The Labute approximate surface area is 162 Å². The largest absolute Gasteiger partial charge is 0.573 e. The third-order valence-electron chi connectivity index (χ3n) is 2.78. The number of anilines is 3. The summed E-state index contributed by atoms with van der Waals surface area (Å²) in [5.74, 6) is -0.169. The number of amides is 1. The topological polar surface area (TPSA) is 111 Å². The van der Waals surface area contributed by atoms with Gasteiger partial charge in [0.1, 0.15) is 17.2 Å². The van der Waals surface area contributed by atoms with Crippen molar-refractivity contribution in [2.45, 2.75) is 32.7 Å². The minimum absolute atomic E-state index is 0.143. The third kappa shape index (κ3) is 7.31. The van der Waals surface area contributed by atoms with Crippen molar-refractivity contribution >= 4 is 40.3 Å². The molecule has 8 nitrogen and oxygen atoms in total. The SMILES string of the molecule is CC(C)(C)OC(=O)Nc1ccc(OC(F)(F)F)cc1C=NNc1nc(N)cs1. The first-order valence-electron chi connectivity index (χ1n) is 7.81. The zero-order chi connectivity index (χ0) is 20.9. The van der Waals surface area contributed by atoms with Crippen molar-refractivity contribution in [3.63, 3.8) is 0 Å². The first-order chi connectivity index (χ1) is 12.9. The highest BCUT2D eigenvalue weighted by atomic mass is 32.1. The summed E-state index contributed by atoms with van der Waals surface area (Å²) in [7, 11) is 0. The number of thiazole rings is 1. The number of hydrazone groups is 1. The van der Waals surface area contributed by atoms with Crippen LogP contribution >= 0.6 is 11.3 Å². The van der Waals surface area contributed by atoms with E-state index in [1.54, 1.807) is 26.2 Å². The smallest absolute Gasteiger partial charge is 0.444 e. The van der Waals surface area contributed by atoms with Crippen LogP contribution in [0.2, 0.25) is 0 Å². The van der Waals surface area contributed by atoms with Crippen LogP contribution < -0.4 is 21.2 Å². The Kier molecular flexibility index (Phi) is 6.33. The Balaban J connectivity index is 2.23. The van der Waals surface area contributed by atoms with Crippen LogP contribution in [0, 0.1) is 0 Å². The van der Waals surface area contributed by atoms with E-state index in [9.17, 15) is 18.0 Å². The molecular weight excluding hydrogens is 399 g/mol. The predicted molar refractivity (Wildman–Crippen MR) is 101 cm³/mol. The van der Waals surface area contributed by atoms with Crippen molar-refractivity contribution in [1.82, 2.24) is 4.98 Å². The molecule has 0 radical (unpaired) electrons. The lowest BCUT2D eigenvalue weighted by Crippen LogP contribution is -2.27. The van der Waals surface area contributed by atoms with Gasteiger partial charge in [-0.2, -0.15) is 5.10 Å². The highest BCUT2D eigenvalue weighted by Gasteiger charge is 2.31. The first kappa shape index (κ1) is 21.3. The van der Waals surface area contributed by atoms with Crippen molar-refractivity contribution in [3.8, 4) is 5.75 Å². The maximum absolute atomic E-state index is 12.5. The van der Waals surface area contributed by atoms with Gasteiger partial charge in [-0.25, -0.2) is 9.78 Å². The van der Waals surface area contributed by atoms with E-state index in [1.807, 2.05) is 0 Å². The number of nitrogens with zero attached hydrogens (tertiary/aromatic N) is 2. The van der Waals surface area contributed by atoms with Crippen LogP contribution in [0.4, 0.5) is 34.6 Å². The first-order valence-corrected chi connectivity index (χ1v) is 8.69. The summed E-state index contributed by atoms with van der Waals surface area (Å²) < 4.78 is 46.4. The number of nitrogens with two attached hydrogens (primary N) is 1. The van der Waals surface area contributed by atoms with Gasteiger partial charge in [0.2, 0.25) is 5.13 Å². The number of hydrogen-bond donors (Lipinski definition) is 3. The zero-order valence-corrected chi connectivity index (χ0v) is 15.9. The molecule has 0 bridgehead atoms. The van der Waals surface area contributed by atoms with E-state index in [2.05, 4.69) is 25.6 Å². The molecule has 1 aromatic heterocycles. The fourth-order valence-electron chi connectivity index (χ4n) is 1.87. The number of alkyl halides is 3. The van der Waals surface area contributed by atoms with Gasteiger partial charge in [-0.3, -0.25) is 10.7 Å². The second kappa shape index (κ2) is 8.33. The average molecular weight is 417 g/mol. The third-order valence-corrected chi connectivity index (χ3v) is 3.54. The number of aromatic nitrogens is 1. The van der Waals surface area contributed by atoms with Crippen molar-refractivity contribution in [2.75, 3.05) is 16.5 Å². The lowest BCUT2D eigenvalue weighted by atomic mass is 10.2. The van der Waals surface area contributed by atoms with Crippen LogP contribution in [-0.2, 0) is 4.74 Å². The normalized spacial score (nSPS) is 12.1. The van der Waals surface area contributed by atoms with E-state index in [4.69, 9.17) is 10.5 Å². The van der Waals surface area contributed by atoms with Gasteiger partial charge in [0.05, 0.1) is 11.9 Å². The van der Waals surface area contributed by atoms with Gasteiger partial charge in [-0.15, -0.1) is 24.5 Å². The molecule has 0 saturated heterocycles. The molecule has 0 aliphatic rings. The molecule has 2 rings (SSSR count). The number of carbonyl (C=O) groups excluding carboxylic acids is 1. The van der Waals surface area contributed by atoms with E-state index in [0.29, 0.717) is 10.9 Å². The van der Waals surface area contributed by atoms with Crippen LogP contribution in [0.15, 0.2) is 28.7 Å². The standard InChI is InChI=1S/C16H18F3N5O3S/c1-15(2,3)27-14(25)22-11-5-4-10(26-16(17,18)19)6-9(11)7-21-24-13-23-12(20)8-28-13/h4-8H,20H2,1-3H3,(H,22,25)(H,23,24). The summed E-state index contributed by atoms with van der Waals surface area (Å²) in [5.41, 5.74) is 7.65. The number of ether oxygens (including phenoxy) is 2. The number of nitrogen functional groups attached to an aromatic ring is 1. The molecule has 1 heterocycles. The van der Waals surface area contributed by atoms with Crippen LogP contribution in [-0.4, -0.2) is 29.3 Å². The second-order valence-electron chi connectivity index (χ2n) is 6.37. The van der Waals surface area contributed by atoms with Gasteiger partial charge in [-0.1, -0.05) is 0 Å². The molecule has 0 aliphatic carbocycles. The molecule has 0 fully saturated rings. The van der Waals surface area contributed by atoms with E-state index in [1.165, 1.54) is 23.6 Å². The molecule has 12 heteroatoms. The Morgan fingerprint density at radius 1 is 1.32 bits per heavy atom. The van der Waals surface area contributed by atoms with Crippen LogP contribution in [0.3, 0.4) is 0 Å². The molecule has 0 saturated carbocycles. The van der Waals surface area contributed by atoms with Crippen LogP contribution in [0.1, 0.15) is 26.3 Å². The monoisotopic (exact) mass is 417 g/mol. The Hall–Kier alpha value is -3.02. The number of hydrogen-bond acceptors (Lipinski definition) is 8. The molecule has 4 N–H and O–H groups in total. The molecule has 2 aromatic rings. The molecule has 0 spiro atoms. The number of nitrogens with one attached hydrogen (secondary N) is 2. The number of rotatable bonds is 5. The minimum Gasteiger partial charge on any atom is -0.444 e. The maximum Gasteiger partial charge on any atom is 0.573 e. The Bertz CT molecular complexity index is 862. The van der Waals surface area contributed by atoms with Gasteiger partial charge >= 0.3 is 12.5 Å². The fourth-order valence-corrected chi connectivity index (χ4v) is 2.42. The average Bonchev–Trinajstić information content (AvgIpc) is 2.92. The summed E-state index contributed by atoms with van der Waals surface area (Å²) in [4.78, 5) is 15.9. The molecule has 28 heavy (non-hydrogen) atoms. The predicted octanol–water partition coefficient (Wildman–Crippen LogP) is 4.42. The van der Waals surface area contributed by atoms with Gasteiger partial charge in [0, 0.05) is 10.9 Å². The second-order valence-corrected chi connectivity index (χ2v) is 7.23. The Morgan fingerprint density at radius 2 is 2.04 bits per heavy atom. The van der Waals surface area contributed by atoms with E-state index in [-0.39, 0.29) is 11.3 Å². The fraction of sp³-hybridized carbons (Fsp3) is 0.312. The number of halogens is 3. The molecule has 0 aliphatic heterocycles. The van der Waals surface area contributed by atoms with Gasteiger partial charge in [0.15, 0.2) is 0 Å². The molecule has 0 unspecified atom stereocenters. The number of benzene rings is 1. The highest BCUT2D eigenvalue weighted by molar-refractivity contribution is 7.14. The lowest BCUT2D eigenvalue weighted by Gasteiger charge is -2.20. The van der Waals surface area contributed by atoms with Crippen molar-refractivity contribution in [1.29, 1.82) is 0 Å². The minimum atomic E-state index is -4.86. The summed E-state index contributed by atoms with van der Waals surface area (Å²) in [6, 6.07) is 3.38. The summed E-state index contributed by atoms with van der Waals surface area (Å²) in [6.07, 6.45) is -4.43. The molecule has 0 atom stereocenters. The van der Waals surface area contributed by atoms with Crippen molar-refractivity contribution < 1.29 is 27.4 Å². The number of carbonyl (C=O) groups is 1. The van der Waals surface area contributed by atoms with Crippen molar-refractivity contribution in [3.05, 3.63) is 29.1 Å². The zero-order valence-electron chi connectivity index (χ0n) is 15.1. The van der Waals surface area contributed by atoms with E-state index < -0.39 is 23.8 Å². The summed E-state index contributed by atoms with van der Waals surface area (Å²) in [5, 5.41) is 8.33.